The number of benzene rings is 1. The van der Waals surface area contributed by atoms with E-state index in [0.29, 0.717) is 17.2 Å². The summed E-state index contributed by atoms with van der Waals surface area (Å²) in [6.45, 7) is 1.99. The second kappa shape index (κ2) is 6.31. The molecule has 3 aromatic rings. The fourth-order valence-electron chi connectivity index (χ4n) is 3.26. The van der Waals surface area contributed by atoms with Crippen LogP contribution in [0.2, 0.25) is 0 Å². The SMILES string of the molecule is Cc1nc(NC[C@@H](O)c2ccc(F)c(F)c2)c2c3c(sc2n1)CCC3. The van der Waals surface area contributed by atoms with Gasteiger partial charge in [-0.1, -0.05) is 6.07 Å². The Morgan fingerprint density at radius 3 is 2.88 bits per heavy atom. The predicted molar refractivity (Wildman–Crippen MR) is 94.0 cm³/mol. The van der Waals surface area contributed by atoms with Crippen molar-refractivity contribution in [3.63, 3.8) is 0 Å². The van der Waals surface area contributed by atoms with Gasteiger partial charge in [0.15, 0.2) is 11.6 Å². The number of aliphatic hydroxyl groups excluding tert-OH is 1. The Hall–Kier alpha value is -2.12. The van der Waals surface area contributed by atoms with E-state index in [0.717, 1.165) is 41.6 Å². The summed E-state index contributed by atoms with van der Waals surface area (Å²) in [6, 6.07) is 3.42. The van der Waals surface area contributed by atoms with Crippen LogP contribution in [0.1, 0.15) is 34.4 Å². The minimum Gasteiger partial charge on any atom is -0.387 e. The molecule has 0 bridgehead atoms. The molecule has 4 nitrogen and oxygen atoms in total. The molecule has 1 aromatic carbocycles. The summed E-state index contributed by atoms with van der Waals surface area (Å²) in [5.74, 6) is -0.529. The molecule has 25 heavy (non-hydrogen) atoms. The molecule has 1 atom stereocenters. The van der Waals surface area contributed by atoms with Gasteiger partial charge in [-0.3, -0.25) is 0 Å². The number of fused-ring (bicyclic) bond motifs is 3. The second-order valence-corrected chi connectivity index (χ2v) is 7.31. The van der Waals surface area contributed by atoms with Crippen molar-refractivity contribution in [2.24, 2.45) is 0 Å². The third kappa shape index (κ3) is 2.98. The number of thiophene rings is 1. The van der Waals surface area contributed by atoms with Crippen molar-refractivity contribution >= 4 is 27.4 Å². The van der Waals surface area contributed by atoms with E-state index in [1.165, 1.54) is 16.5 Å². The Balaban J connectivity index is 1.61. The number of aliphatic hydroxyl groups is 1. The third-order valence-corrected chi connectivity index (χ3v) is 5.65. The molecule has 130 valence electrons. The lowest BCUT2D eigenvalue weighted by Crippen LogP contribution is -2.14. The van der Waals surface area contributed by atoms with Gasteiger partial charge in [-0.15, -0.1) is 11.3 Å². The van der Waals surface area contributed by atoms with Crippen molar-refractivity contribution < 1.29 is 13.9 Å². The summed E-state index contributed by atoms with van der Waals surface area (Å²) in [5, 5.41) is 14.5. The quantitative estimate of drug-likeness (QED) is 0.740. The van der Waals surface area contributed by atoms with Gasteiger partial charge in [0.25, 0.3) is 0 Å². The van der Waals surface area contributed by atoms with Gasteiger partial charge in [-0.05, 0) is 49.4 Å². The van der Waals surface area contributed by atoms with Gasteiger partial charge in [-0.2, -0.15) is 0 Å². The first-order valence-corrected chi connectivity index (χ1v) is 9.00. The highest BCUT2D eigenvalue weighted by molar-refractivity contribution is 7.19. The van der Waals surface area contributed by atoms with Crippen LogP contribution in [0.15, 0.2) is 18.2 Å². The van der Waals surface area contributed by atoms with Crippen LogP contribution in [0.4, 0.5) is 14.6 Å². The average molecular weight is 361 g/mol. The van der Waals surface area contributed by atoms with Crippen molar-refractivity contribution in [3.05, 3.63) is 51.7 Å². The fourth-order valence-corrected chi connectivity index (χ4v) is 4.57. The maximum absolute atomic E-state index is 13.3. The Labute approximate surface area is 147 Å². The highest BCUT2D eigenvalue weighted by Crippen LogP contribution is 2.39. The highest BCUT2D eigenvalue weighted by Gasteiger charge is 2.22. The lowest BCUT2D eigenvalue weighted by molar-refractivity contribution is 0.191. The maximum atomic E-state index is 13.3. The summed E-state index contributed by atoms with van der Waals surface area (Å²) in [6.07, 6.45) is 2.27. The molecule has 0 saturated carbocycles. The summed E-state index contributed by atoms with van der Waals surface area (Å²) in [4.78, 5) is 11.3. The van der Waals surface area contributed by atoms with E-state index in [2.05, 4.69) is 15.3 Å². The summed E-state index contributed by atoms with van der Waals surface area (Å²) < 4.78 is 26.4. The van der Waals surface area contributed by atoms with Crippen LogP contribution in [-0.4, -0.2) is 21.6 Å². The number of halogens is 2. The fraction of sp³-hybridized carbons (Fsp3) is 0.333. The molecule has 0 radical (unpaired) electrons. The van der Waals surface area contributed by atoms with Crippen LogP contribution in [0.5, 0.6) is 0 Å². The third-order valence-electron chi connectivity index (χ3n) is 4.47. The molecule has 0 saturated heterocycles. The first kappa shape index (κ1) is 16.4. The maximum Gasteiger partial charge on any atom is 0.159 e. The molecular formula is C18H17F2N3OS. The zero-order chi connectivity index (χ0) is 17.6. The van der Waals surface area contributed by atoms with Crippen molar-refractivity contribution in [1.29, 1.82) is 0 Å². The van der Waals surface area contributed by atoms with E-state index < -0.39 is 17.7 Å². The van der Waals surface area contributed by atoms with Gasteiger partial charge in [0.1, 0.15) is 16.5 Å². The number of nitrogens with one attached hydrogen (secondary N) is 1. The molecule has 0 unspecified atom stereocenters. The molecule has 2 N–H and O–H groups in total. The van der Waals surface area contributed by atoms with E-state index in [-0.39, 0.29) is 6.54 Å². The van der Waals surface area contributed by atoms with Crippen molar-refractivity contribution in [2.75, 3.05) is 11.9 Å². The second-order valence-electron chi connectivity index (χ2n) is 6.23. The van der Waals surface area contributed by atoms with E-state index in [9.17, 15) is 13.9 Å². The smallest absolute Gasteiger partial charge is 0.159 e. The Bertz CT molecular complexity index is 957. The van der Waals surface area contributed by atoms with E-state index >= 15 is 0 Å². The monoisotopic (exact) mass is 361 g/mol. The van der Waals surface area contributed by atoms with Gasteiger partial charge >= 0.3 is 0 Å². The summed E-state index contributed by atoms with van der Waals surface area (Å²) in [7, 11) is 0. The predicted octanol–water partition coefficient (Wildman–Crippen LogP) is 3.91. The van der Waals surface area contributed by atoms with Crippen LogP contribution in [0.25, 0.3) is 10.2 Å². The van der Waals surface area contributed by atoms with Crippen LogP contribution < -0.4 is 5.32 Å². The topological polar surface area (TPSA) is 58.0 Å². The molecular weight excluding hydrogens is 344 g/mol. The van der Waals surface area contributed by atoms with Crippen molar-refractivity contribution in [3.8, 4) is 0 Å². The zero-order valence-electron chi connectivity index (χ0n) is 13.6. The van der Waals surface area contributed by atoms with Gasteiger partial charge in [-0.25, -0.2) is 18.7 Å². The van der Waals surface area contributed by atoms with Gasteiger partial charge in [0.2, 0.25) is 0 Å². The molecule has 1 aliphatic carbocycles. The van der Waals surface area contributed by atoms with E-state index in [4.69, 9.17) is 0 Å². The molecule has 0 fully saturated rings. The molecule has 1 aliphatic rings. The van der Waals surface area contributed by atoms with Crippen LogP contribution in [-0.2, 0) is 12.8 Å². The Morgan fingerprint density at radius 1 is 1.24 bits per heavy atom. The van der Waals surface area contributed by atoms with Gasteiger partial charge in [0, 0.05) is 11.4 Å². The standard InChI is InChI=1S/C18H17F2N3OS/c1-9-22-17(16-11-3-2-4-15(11)25-18(16)23-9)21-8-14(24)10-5-6-12(19)13(20)7-10/h5-7,14,24H,2-4,8H2,1H3,(H,21,22,23)/t14-/m1/s1. The summed E-state index contributed by atoms with van der Waals surface area (Å²) >= 11 is 1.70. The first-order chi connectivity index (χ1) is 12.0. The largest absolute Gasteiger partial charge is 0.387 e. The minimum atomic E-state index is -0.966. The molecule has 0 aliphatic heterocycles. The van der Waals surface area contributed by atoms with Crippen molar-refractivity contribution in [1.82, 2.24) is 9.97 Å². The number of nitrogens with zero attached hydrogens (tertiary/aromatic N) is 2. The number of aromatic nitrogens is 2. The number of hydrogen-bond donors (Lipinski definition) is 2. The number of anilines is 1. The van der Waals surface area contributed by atoms with Crippen LogP contribution in [0, 0.1) is 18.6 Å². The van der Waals surface area contributed by atoms with E-state index in [1.54, 1.807) is 11.3 Å². The van der Waals surface area contributed by atoms with Crippen molar-refractivity contribution in [2.45, 2.75) is 32.3 Å². The Kier molecular flexibility index (Phi) is 4.13. The zero-order valence-corrected chi connectivity index (χ0v) is 14.5. The molecule has 0 spiro atoms. The molecule has 0 amide bonds. The van der Waals surface area contributed by atoms with Crippen LogP contribution >= 0.6 is 11.3 Å². The highest BCUT2D eigenvalue weighted by atomic mass is 32.1. The average Bonchev–Trinajstić information content (AvgIpc) is 3.15. The molecule has 2 heterocycles. The normalized spacial score (nSPS) is 14.7. The van der Waals surface area contributed by atoms with Gasteiger partial charge in [0.05, 0.1) is 11.5 Å². The molecule has 4 rings (SSSR count). The number of hydrogen-bond acceptors (Lipinski definition) is 5. The first-order valence-electron chi connectivity index (χ1n) is 8.18. The summed E-state index contributed by atoms with van der Waals surface area (Å²) in [5.41, 5.74) is 1.62. The minimum absolute atomic E-state index is 0.154. The van der Waals surface area contributed by atoms with Gasteiger partial charge < -0.3 is 10.4 Å². The lowest BCUT2D eigenvalue weighted by atomic mass is 10.1. The molecule has 2 aromatic heterocycles. The number of aryl methyl sites for hydroxylation is 3. The Morgan fingerprint density at radius 2 is 2.08 bits per heavy atom. The van der Waals surface area contributed by atoms with Crippen LogP contribution in [0.3, 0.4) is 0 Å². The lowest BCUT2D eigenvalue weighted by Gasteiger charge is -2.14. The molecule has 7 heteroatoms. The number of rotatable bonds is 4. The van der Waals surface area contributed by atoms with E-state index in [1.807, 2.05) is 6.92 Å².